The average molecular weight is 697 g/mol. The quantitative estimate of drug-likeness (QED) is 0.295. The van der Waals surface area contributed by atoms with Crippen molar-refractivity contribution in [1.82, 2.24) is 10.6 Å². The molecule has 0 aliphatic rings. The van der Waals surface area contributed by atoms with Gasteiger partial charge in [-0.1, -0.05) is 44.8 Å². The van der Waals surface area contributed by atoms with Gasteiger partial charge in [0.15, 0.2) is 0 Å². The highest BCUT2D eigenvalue weighted by Gasteiger charge is 2.44. The van der Waals surface area contributed by atoms with Crippen LogP contribution >= 0.6 is 47.8 Å². The summed E-state index contributed by atoms with van der Waals surface area (Å²) < 4.78 is 79.5. The van der Waals surface area contributed by atoms with E-state index in [1.165, 1.54) is 37.3 Å². The van der Waals surface area contributed by atoms with E-state index in [1.807, 2.05) is 0 Å². The predicted molar refractivity (Wildman–Crippen MR) is 129 cm³/mol. The van der Waals surface area contributed by atoms with Gasteiger partial charge in [-0.2, -0.15) is 26.3 Å². The normalized spacial score (nSPS) is 13.8. The van der Waals surface area contributed by atoms with E-state index in [9.17, 15) is 35.9 Å². The third-order valence-corrected chi connectivity index (χ3v) is 6.47. The summed E-state index contributed by atoms with van der Waals surface area (Å²) in [6.45, 7) is -0.704. The van der Waals surface area contributed by atoms with Crippen LogP contribution in [0.15, 0.2) is 49.8 Å². The highest BCUT2D eigenvalue weighted by molar-refractivity contribution is 9.11. The Hall–Kier alpha value is -1.60. The molecule has 192 valence electrons. The van der Waals surface area contributed by atoms with Gasteiger partial charge >= 0.3 is 12.4 Å². The first-order valence-corrected chi connectivity index (χ1v) is 12.4. The number of carbonyl (C=O) groups is 2. The van der Waals surface area contributed by atoms with Gasteiger partial charge in [0, 0.05) is 13.4 Å². The van der Waals surface area contributed by atoms with Crippen molar-refractivity contribution in [2.45, 2.75) is 31.6 Å². The maximum atomic E-state index is 14.0. The first-order chi connectivity index (χ1) is 16.1. The summed E-state index contributed by atoms with van der Waals surface area (Å²) >= 11 is 9.63. The molecule has 0 fully saturated rings. The van der Waals surface area contributed by atoms with Gasteiger partial charge in [-0.3, -0.25) is 9.59 Å². The molecule has 13 heteroatoms. The van der Waals surface area contributed by atoms with Crippen LogP contribution in [-0.4, -0.2) is 37.3 Å². The Morgan fingerprint density at radius 1 is 0.914 bits per heavy atom. The minimum absolute atomic E-state index is 0.0503. The van der Waals surface area contributed by atoms with Crippen LogP contribution in [0.4, 0.5) is 26.3 Å². The molecule has 2 rings (SSSR count). The number of nitrogens with one attached hydrogen (secondary N) is 2. The molecule has 2 N–H and O–H groups in total. The lowest BCUT2D eigenvalue weighted by Crippen LogP contribution is -2.40. The van der Waals surface area contributed by atoms with Crippen LogP contribution in [0, 0.1) is 5.92 Å². The molecular weight excluding hydrogens is 678 g/mol. The van der Waals surface area contributed by atoms with Gasteiger partial charge in [0.1, 0.15) is 6.54 Å². The molecule has 0 aromatic heterocycles. The lowest BCUT2D eigenvalue weighted by molar-refractivity contribution is -0.161. The summed E-state index contributed by atoms with van der Waals surface area (Å²) in [5, 5.41) is 3.83. The Morgan fingerprint density at radius 3 is 2.03 bits per heavy atom. The smallest absolute Gasteiger partial charge is 0.345 e. The number of amides is 2. The third-order valence-electron chi connectivity index (χ3n) is 4.90. The van der Waals surface area contributed by atoms with Crippen molar-refractivity contribution in [2.24, 2.45) is 5.92 Å². The molecule has 35 heavy (non-hydrogen) atoms. The zero-order chi connectivity index (χ0) is 26.6. The summed E-state index contributed by atoms with van der Waals surface area (Å²) in [5.74, 6) is -4.34. The van der Waals surface area contributed by atoms with E-state index in [2.05, 4.69) is 53.1 Å². The van der Waals surface area contributed by atoms with Crippen molar-refractivity contribution in [3.8, 4) is 0 Å². The number of rotatable bonds is 8. The van der Waals surface area contributed by atoms with Crippen molar-refractivity contribution in [1.29, 1.82) is 0 Å². The molecule has 0 radical (unpaired) electrons. The van der Waals surface area contributed by atoms with Crippen LogP contribution in [0.5, 0.6) is 0 Å². The maximum absolute atomic E-state index is 14.0. The summed E-state index contributed by atoms with van der Waals surface area (Å²) in [6.07, 6.45) is -9.02. The van der Waals surface area contributed by atoms with Crippen molar-refractivity contribution >= 4 is 59.6 Å². The minimum Gasteiger partial charge on any atom is -0.345 e. The molecule has 2 aromatic rings. The van der Waals surface area contributed by atoms with Crippen LogP contribution in [0.2, 0.25) is 0 Å². The zero-order valence-corrected chi connectivity index (χ0v) is 22.7. The van der Waals surface area contributed by atoms with E-state index >= 15 is 0 Å². The fraction of sp³-hybridized carbons (Fsp3) is 0.364. The molecule has 0 aliphatic heterocycles. The van der Waals surface area contributed by atoms with E-state index in [-0.39, 0.29) is 22.0 Å². The lowest BCUT2D eigenvalue weighted by Gasteiger charge is -2.27. The molecule has 2 amide bonds. The van der Waals surface area contributed by atoms with E-state index in [1.54, 1.807) is 11.4 Å². The van der Waals surface area contributed by atoms with Crippen LogP contribution in [0.1, 0.15) is 34.3 Å². The SMILES string of the molecule is CC(Cc1ccc(C(=O)NCC(=O)NCC(F)(F)F)c(Br)c1)C(c1cc(Br)cc(Br)c1)C(F)(F)F. The molecule has 2 aromatic carbocycles. The van der Waals surface area contributed by atoms with Gasteiger partial charge in [0.05, 0.1) is 18.0 Å². The van der Waals surface area contributed by atoms with Gasteiger partial charge in [-0.25, -0.2) is 0 Å². The largest absolute Gasteiger partial charge is 0.405 e. The summed E-state index contributed by atoms with van der Waals surface area (Å²) in [5.41, 5.74) is 0.714. The first-order valence-electron chi connectivity index (χ1n) is 9.99. The molecule has 0 heterocycles. The standard InChI is InChI=1S/C22H19Br3F6N2O2/c1-11(19(22(29,30)31)13-6-14(23)8-15(24)7-13)4-12-2-3-16(17(25)5-12)20(35)32-9-18(34)33-10-21(26,27)28/h2-3,5-8,11,19H,4,9-10H2,1H3,(H,32,35)(H,33,34). The van der Waals surface area contributed by atoms with Gasteiger partial charge in [-0.05, 0) is 69.7 Å². The Morgan fingerprint density at radius 2 is 1.51 bits per heavy atom. The molecule has 0 aliphatic carbocycles. The summed E-state index contributed by atoms with van der Waals surface area (Å²) in [6, 6.07) is 8.85. The molecule has 0 saturated heterocycles. The van der Waals surface area contributed by atoms with Crippen LogP contribution in [-0.2, 0) is 11.2 Å². The second-order valence-corrected chi connectivity index (χ2v) is 10.5. The summed E-state index contributed by atoms with van der Waals surface area (Å²) in [7, 11) is 0. The molecule has 0 spiro atoms. The van der Waals surface area contributed by atoms with Gasteiger partial charge in [0.25, 0.3) is 5.91 Å². The molecular formula is C22H19Br3F6N2O2. The monoisotopic (exact) mass is 694 g/mol. The molecule has 4 nitrogen and oxygen atoms in total. The lowest BCUT2D eigenvalue weighted by atomic mass is 9.82. The average Bonchev–Trinajstić information content (AvgIpc) is 2.68. The predicted octanol–water partition coefficient (Wildman–Crippen LogP) is 6.91. The fourth-order valence-electron chi connectivity index (χ4n) is 3.47. The number of benzene rings is 2. The molecule has 0 bridgehead atoms. The first kappa shape index (κ1) is 29.6. The van der Waals surface area contributed by atoms with Crippen LogP contribution in [0.25, 0.3) is 0 Å². The van der Waals surface area contributed by atoms with Gasteiger partial charge in [-0.15, -0.1) is 0 Å². The minimum atomic E-state index is -4.58. The van der Waals surface area contributed by atoms with Crippen molar-refractivity contribution in [2.75, 3.05) is 13.1 Å². The van der Waals surface area contributed by atoms with Crippen molar-refractivity contribution < 1.29 is 35.9 Å². The second-order valence-electron chi connectivity index (χ2n) is 7.79. The number of alkyl halides is 6. The Kier molecular flexibility index (Phi) is 10.2. The van der Waals surface area contributed by atoms with Gasteiger partial charge < -0.3 is 10.6 Å². The third kappa shape index (κ3) is 9.41. The zero-order valence-electron chi connectivity index (χ0n) is 18.0. The van der Waals surface area contributed by atoms with E-state index in [0.717, 1.165) is 0 Å². The number of hydrogen-bond donors (Lipinski definition) is 2. The van der Waals surface area contributed by atoms with E-state index in [4.69, 9.17) is 0 Å². The summed E-state index contributed by atoms with van der Waals surface area (Å²) in [4.78, 5) is 23.7. The maximum Gasteiger partial charge on any atom is 0.405 e. The number of halogens is 9. The topological polar surface area (TPSA) is 58.2 Å². The number of hydrogen-bond acceptors (Lipinski definition) is 2. The van der Waals surface area contributed by atoms with Crippen LogP contribution < -0.4 is 10.6 Å². The Bertz CT molecular complexity index is 1060. The molecule has 0 saturated carbocycles. The highest BCUT2D eigenvalue weighted by atomic mass is 79.9. The Labute approximate surface area is 222 Å². The Balaban J connectivity index is 2.10. The molecule has 2 unspecified atom stereocenters. The highest BCUT2D eigenvalue weighted by Crippen LogP contribution is 2.43. The van der Waals surface area contributed by atoms with Gasteiger partial charge in [0.2, 0.25) is 5.91 Å². The van der Waals surface area contributed by atoms with Crippen molar-refractivity contribution in [3.63, 3.8) is 0 Å². The fourth-order valence-corrected chi connectivity index (χ4v) is 5.41. The number of carbonyl (C=O) groups excluding carboxylic acids is 2. The van der Waals surface area contributed by atoms with E-state index in [0.29, 0.717) is 14.5 Å². The molecule has 2 atom stereocenters. The second kappa shape index (κ2) is 12.1. The van der Waals surface area contributed by atoms with Crippen LogP contribution in [0.3, 0.4) is 0 Å². The van der Waals surface area contributed by atoms with E-state index < -0.39 is 49.1 Å². The van der Waals surface area contributed by atoms with Crippen molar-refractivity contribution in [3.05, 3.63) is 66.5 Å².